The summed E-state index contributed by atoms with van der Waals surface area (Å²) in [5.74, 6) is -0.0686. The SMILES string of the molecule is COc1cccc(-n2nnc(C(=O)NCc3cc(F)cc(Br)c3)c2C)c1. The molecular weight excluding hydrogens is 403 g/mol. The smallest absolute Gasteiger partial charge is 0.274 e. The van der Waals surface area contributed by atoms with Crippen molar-refractivity contribution in [1.29, 1.82) is 0 Å². The van der Waals surface area contributed by atoms with Crippen molar-refractivity contribution < 1.29 is 13.9 Å². The number of ether oxygens (including phenoxy) is 1. The largest absolute Gasteiger partial charge is 0.497 e. The normalized spacial score (nSPS) is 10.6. The summed E-state index contributed by atoms with van der Waals surface area (Å²) in [5.41, 5.74) is 2.19. The maximum absolute atomic E-state index is 13.4. The monoisotopic (exact) mass is 418 g/mol. The zero-order valence-corrected chi connectivity index (χ0v) is 15.7. The summed E-state index contributed by atoms with van der Waals surface area (Å²) in [6.07, 6.45) is 0. The molecule has 1 amide bonds. The van der Waals surface area contributed by atoms with Gasteiger partial charge in [-0.25, -0.2) is 9.07 Å². The van der Waals surface area contributed by atoms with Gasteiger partial charge in [0.25, 0.3) is 5.91 Å². The standard InChI is InChI=1S/C18H16BrFN4O2/c1-11-17(18(25)21-10-12-6-13(19)8-14(20)7-12)22-23-24(11)15-4-3-5-16(9-15)26-2/h3-9H,10H2,1-2H3,(H,21,25). The molecule has 134 valence electrons. The average molecular weight is 419 g/mol. The summed E-state index contributed by atoms with van der Waals surface area (Å²) in [6, 6.07) is 11.8. The first kappa shape index (κ1) is 18.1. The zero-order valence-electron chi connectivity index (χ0n) is 14.2. The number of benzene rings is 2. The third-order valence-electron chi connectivity index (χ3n) is 3.78. The number of hydrogen-bond donors (Lipinski definition) is 1. The lowest BCUT2D eigenvalue weighted by atomic mass is 10.2. The van der Waals surface area contributed by atoms with E-state index >= 15 is 0 Å². The summed E-state index contributed by atoms with van der Waals surface area (Å²) in [4.78, 5) is 12.4. The number of methoxy groups -OCH3 is 1. The predicted molar refractivity (Wildman–Crippen MR) is 97.9 cm³/mol. The number of aromatic nitrogens is 3. The van der Waals surface area contributed by atoms with Gasteiger partial charge in [0.2, 0.25) is 0 Å². The van der Waals surface area contributed by atoms with E-state index in [-0.39, 0.29) is 24.0 Å². The Labute approximate surface area is 158 Å². The second-order valence-corrected chi connectivity index (χ2v) is 6.51. The maximum Gasteiger partial charge on any atom is 0.274 e. The van der Waals surface area contributed by atoms with Crippen LogP contribution in [-0.2, 0) is 6.54 Å². The molecule has 0 atom stereocenters. The summed E-state index contributed by atoms with van der Waals surface area (Å²) in [5, 5.41) is 10.8. The molecule has 0 aliphatic rings. The molecule has 0 aliphatic heterocycles. The van der Waals surface area contributed by atoms with Gasteiger partial charge in [-0.05, 0) is 42.8 Å². The van der Waals surface area contributed by atoms with Crippen molar-refractivity contribution in [2.45, 2.75) is 13.5 Å². The van der Waals surface area contributed by atoms with Gasteiger partial charge in [0, 0.05) is 17.1 Å². The Bertz CT molecular complexity index is 938. The van der Waals surface area contributed by atoms with Crippen LogP contribution in [0.25, 0.3) is 5.69 Å². The molecule has 0 saturated carbocycles. The number of nitrogens with one attached hydrogen (secondary N) is 1. The average Bonchev–Trinajstić information content (AvgIpc) is 3.00. The molecule has 26 heavy (non-hydrogen) atoms. The lowest BCUT2D eigenvalue weighted by Gasteiger charge is -2.07. The summed E-state index contributed by atoms with van der Waals surface area (Å²) in [6.45, 7) is 1.94. The minimum Gasteiger partial charge on any atom is -0.497 e. The van der Waals surface area contributed by atoms with E-state index in [9.17, 15) is 9.18 Å². The highest BCUT2D eigenvalue weighted by atomic mass is 79.9. The topological polar surface area (TPSA) is 69.0 Å². The number of amides is 1. The molecule has 0 spiro atoms. The number of carbonyl (C=O) groups excluding carboxylic acids is 1. The third-order valence-corrected chi connectivity index (χ3v) is 4.24. The van der Waals surface area contributed by atoms with Gasteiger partial charge in [-0.1, -0.05) is 27.2 Å². The number of carbonyl (C=O) groups is 1. The van der Waals surface area contributed by atoms with Gasteiger partial charge in [0.05, 0.1) is 18.5 Å². The van der Waals surface area contributed by atoms with Crippen molar-refractivity contribution in [3.63, 3.8) is 0 Å². The van der Waals surface area contributed by atoms with E-state index in [2.05, 4.69) is 31.6 Å². The lowest BCUT2D eigenvalue weighted by Crippen LogP contribution is -2.24. The van der Waals surface area contributed by atoms with Crippen molar-refractivity contribution in [2.75, 3.05) is 7.11 Å². The van der Waals surface area contributed by atoms with Gasteiger partial charge in [0.1, 0.15) is 11.6 Å². The van der Waals surface area contributed by atoms with Crippen LogP contribution in [0.15, 0.2) is 46.9 Å². The first-order valence-corrected chi connectivity index (χ1v) is 8.57. The van der Waals surface area contributed by atoms with E-state index in [0.29, 0.717) is 21.5 Å². The molecule has 0 fully saturated rings. The second-order valence-electron chi connectivity index (χ2n) is 5.60. The van der Waals surface area contributed by atoms with E-state index in [1.165, 1.54) is 12.1 Å². The maximum atomic E-state index is 13.4. The quantitative estimate of drug-likeness (QED) is 0.688. The molecule has 1 heterocycles. The fourth-order valence-corrected chi connectivity index (χ4v) is 3.02. The summed E-state index contributed by atoms with van der Waals surface area (Å²) in [7, 11) is 1.58. The molecule has 6 nitrogen and oxygen atoms in total. The van der Waals surface area contributed by atoms with E-state index in [1.54, 1.807) is 30.8 Å². The van der Waals surface area contributed by atoms with Gasteiger partial charge in [-0.3, -0.25) is 4.79 Å². The van der Waals surface area contributed by atoms with Gasteiger partial charge in [0.15, 0.2) is 5.69 Å². The molecule has 1 N–H and O–H groups in total. The van der Waals surface area contributed by atoms with Crippen LogP contribution in [0.4, 0.5) is 4.39 Å². The Balaban J connectivity index is 1.77. The Morgan fingerprint density at radius 3 is 2.85 bits per heavy atom. The molecular formula is C18H16BrFN4O2. The molecule has 0 bridgehead atoms. The fourth-order valence-electron chi connectivity index (χ4n) is 2.51. The minimum absolute atomic E-state index is 0.181. The number of nitrogens with zero attached hydrogens (tertiary/aromatic N) is 3. The minimum atomic E-state index is -0.378. The lowest BCUT2D eigenvalue weighted by molar-refractivity contribution is 0.0945. The van der Waals surface area contributed by atoms with E-state index in [0.717, 1.165) is 5.69 Å². The second kappa shape index (κ2) is 7.65. The van der Waals surface area contributed by atoms with Crippen LogP contribution in [0.3, 0.4) is 0 Å². The molecule has 3 rings (SSSR count). The Morgan fingerprint density at radius 2 is 2.12 bits per heavy atom. The Hall–Kier alpha value is -2.74. The van der Waals surface area contributed by atoms with Crippen LogP contribution >= 0.6 is 15.9 Å². The first-order valence-electron chi connectivity index (χ1n) is 7.78. The van der Waals surface area contributed by atoms with Crippen molar-refractivity contribution in [3.05, 3.63) is 69.7 Å². The summed E-state index contributed by atoms with van der Waals surface area (Å²) >= 11 is 3.23. The van der Waals surface area contributed by atoms with Crippen molar-refractivity contribution in [2.24, 2.45) is 0 Å². The van der Waals surface area contributed by atoms with Crippen molar-refractivity contribution >= 4 is 21.8 Å². The Kier molecular flexibility index (Phi) is 5.32. The van der Waals surface area contributed by atoms with E-state index in [1.807, 2.05) is 18.2 Å². The molecule has 0 saturated heterocycles. The molecule has 1 aromatic heterocycles. The number of hydrogen-bond acceptors (Lipinski definition) is 4. The highest BCUT2D eigenvalue weighted by molar-refractivity contribution is 9.10. The molecule has 2 aromatic carbocycles. The van der Waals surface area contributed by atoms with Crippen LogP contribution < -0.4 is 10.1 Å². The van der Waals surface area contributed by atoms with Gasteiger partial charge >= 0.3 is 0 Å². The Morgan fingerprint density at radius 1 is 1.31 bits per heavy atom. The van der Waals surface area contributed by atoms with Gasteiger partial charge < -0.3 is 10.1 Å². The molecule has 3 aromatic rings. The fraction of sp³-hybridized carbons (Fsp3) is 0.167. The van der Waals surface area contributed by atoms with Crippen LogP contribution in [0.5, 0.6) is 5.75 Å². The third kappa shape index (κ3) is 3.91. The molecule has 0 aliphatic carbocycles. The summed E-state index contributed by atoms with van der Waals surface area (Å²) < 4.78 is 20.8. The van der Waals surface area contributed by atoms with Crippen molar-refractivity contribution in [1.82, 2.24) is 20.3 Å². The van der Waals surface area contributed by atoms with Crippen LogP contribution in [-0.4, -0.2) is 28.0 Å². The van der Waals surface area contributed by atoms with Crippen LogP contribution in [0.2, 0.25) is 0 Å². The number of halogens is 2. The van der Waals surface area contributed by atoms with Gasteiger partial charge in [-0.15, -0.1) is 5.10 Å². The van der Waals surface area contributed by atoms with Crippen molar-refractivity contribution in [3.8, 4) is 11.4 Å². The van der Waals surface area contributed by atoms with E-state index in [4.69, 9.17) is 4.74 Å². The molecule has 0 unspecified atom stereocenters. The molecule has 8 heteroatoms. The van der Waals surface area contributed by atoms with Gasteiger partial charge in [-0.2, -0.15) is 0 Å². The predicted octanol–water partition coefficient (Wildman–Crippen LogP) is 3.42. The number of rotatable bonds is 5. The van der Waals surface area contributed by atoms with Crippen LogP contribution in [0.1, 0.15) is 21.7 Å². The molecule has 0 radical (unpaired) electrons. The highest BCUT2D eigenvalue weighted by Crippen LogP contribution is 2.18. The zero-order chi connectivity index (χ0) is 18.7. The highest BCUT2D eigenvalue weighted by Gasteiger charge is 2.17. The van der Waals surface area contributed by atoms with Crippen LogP contribution in [0, 0.1) is 12.7 Å². The van der Waals surface area contributed by atoms with E-state index < -0.39 is 0 Å². The first-order chi connectivity index (χ1) is 12.5.